The van der Waals surface area contributed by atoms with Crippen LogP contribution in [0.4, 0.5) is 19.1 Å². The van der Waals surface area contributed by atoms with Gasteiger partial charge in [-0.2, -0.15) is 23.3 Å². The number of anilines is 1. The summed E-state index contributed by atoms with van der Waals surface area (Å²) in [6.45, 7) is 1.74. The van der Waals surface area contributed by atoms with Gasteiger partial charge in [-0.1, -0.05) is 12.1 Å². The lowest BCUT2D eigenvalue weighted by atomic mass is 10.1. The summed E-state index contributed by atoms with van der Waals surface area (Å²) >= 11 is 5.65. The van der Waals surface area contributed by atoms with Crippen molar-refractivity contribution >= 4 is 28.6 Å². The minimum atomic E-state index is -4.43. The third-order valence-electron chi connectivity index (χ3n) is 4.47. The van der Waals surface area contributed by atoms with Gasteiger partial charge in [0.1, 0.15) is 11.1 Å². The SMILES string of the molecule is CC(c1ccc(C(F)(F)F)cc1)n1nc(CO)c2c(=O)[nH]c(NCCCCl)nc21. The number of aromatic nitrogens is 4. The van der Waals surface area contributed by atoms with Crippen LogP contribution < -0.4 is 10.9 Å². The second-order valence-electron chi connectivity index (χ2n) is 6.43. The first-order valence-corrected chi connectivity index (χ1v) is 9.39. The lowest BCUT2D eigenvalue weighted by Crippen LogP contribution is -2.16. The summed E-state index contributed by atoms with van der Waals surface area (Å²) < 4.78 is 39.8. The van der Waals surface area contributed by atoms with Gasteiger partial charge in [-0.3, -0.25) is 9.78 Å². The molecule has 0 fully saturated rings. The minimum Gasteiger partial charge on any atom is -0.390 e. The molecule has 0 aliphatic carbocycles. The number of alkyl halides is 4. The zero-order valence-electron chi connectivity index (χ0n) is 15.4. The number of nitrogens with zero attached hydrogens (tertiary/aromatic N) is 3. The van der Waals surface area contributed by atoms with E-state index in [2.05, 4.69) is 20.4 Å². The molecule has 0 saturated heterocycles. The van der Waals surface area contributed by atoms with Crippen LogP contribution in [-0.2, 0) is 12.8 Å². The summed E-state index contributed by atoms with van der Waals surface area (Å²) in [6, 6.07) is 4.16. The van der Waals surface area contributed by atoms with Crippen LogP contribution in [0.2, 0.25) is 0 Å². The van der Waals surface area contributed by atoms with Gasteiger partial charge in [-0.25, -0.2) is 4.68 Å². The zero-order valence-corrected chi connectivity index (χ0v) is 16.2. The molecule has 29 heavy (non-hydrogen) atoms. The Kier molecular flexibility index (Phi) is 6.13. The van der Waals surface area contributed by atoms with Gasteiger partial charge in [0.25, 0.3) is 5.56 Å². The van der Waals surface area contributed by atoms with Gasteiger partial charge in [0.05, 0.1) is 18.2 Å². The van der Waals surface area contributed by atoms with Crippen LogP contribution in [0.15, 0.2) is 29.1 Å². The molecule has 0 amide bonds. The number of nitrogens with one attached hydrogen (secondary N) is 2. The quantitative estimate of drug-likeness (QED) is 0.395. The molecule has 0 saturated carbocycles. The fourth-order valence-corrected chi connectivity index (χ4v) is 3.08. The molecule has 0 radical (unpaired) electrons. The summed E-state index contributed by atoms with van der Waals surface area (Å²) in [6.07, 6.45) is -3.77. The number of rotatable bonds is 7. The molecule has 0 aliphatic heterocycles. The molecular formula is C18H19ClF3N5O2. The number of hydrogen-bond donors (Lipinski definition) is 3. The van der Waals surface area contributed by atoms with Crippen LogP contribution in [0, 0.1) is 0 Å². The van der Waals surface area contributed by atoms with E-state index in [0.29, 0.717) is 24.4 Å². The molecule has 1 atom stereocenters. The van der Waals surface area contributed by atoms with E-state index in [4.69, 9.17) is 11.6 Å². The molecule has 7 nitrogen and oxygen atoms in total. The van der Waals surface area contributed by atoms with E-state index in [-0.39, 0.29) is 22.7 Å². The molecule has 1 unspecified atom stereocenters. The van der Waals surface area contributed by atoms with Crippen LogP contribution in [0.3, 0.4) is 0 Å². The highest BCUT2D eigenvalue weighted by atomic mass is 35.5. The first-order valence-electron chi connectivity index (χ1n) is 8.85. The summed E-state index contributed by atoms with van der Waals surface area (Å²) in [4.78, 5) is 19.5. The van der Waals surface area contributed by atoms with Crippen molar-refractivity contribution in [1.29, 1.82) is 0 Å². The van der Waals surface area contributed by atoms with E-state index in [0.717, 1.165) is 12.1 Å². The molecular weight excluding hydrogens is 411 g/mol. The van der Waals surface area contributed by atoms with Crippen molar-refractivity contribution in [1.82, 2.24) is 19.7 Å². The van der Waals surface area contributed by atoms with Crippen molar-refractivity contribution in [3.8, 4) is 0 Å². The maximum absolute atomic E-state index is 12.8. The second-order valence-corrected chi connectivity index (χ2v) is 6.81. The average molecular weight is 430 g/mol. The standard InChI is InChI=1S/C18H19ClF3N5O2/c1-10(11-3-5-12(6-4-11)18(20,21)22)27-15-14(13(9-28)26-27)16(29)25-17(24-15)23-8-2-7-19/h3-6,10,28H,2,7-9H2,1H3,(H2,23,24,25,29). The highest BCUT2D eigenvalue weighted by Gasteiger charge is 2.30. The maximum Gasteiger partial charge on any atom is 0.416 e. The molecule has 11 heteroatoms. The highest BCUT2D eigenvalue weighted by molar-refractivity contribution is 6.17. The Morgan fingerprint density at radius 2 is 2.00 bits per heavy atom. The van der Waals surface area contributed by atoms with Gasteiger partial charge in [0.15, 0.2) is 5.65 Å². The van der Waals surface area contributed by atoms with Crippen LogP contribution in [-0.4, -0.2) is 37.3 Å². The third kappa shape index (κ3) is 4.38. The lowest BCUT2D eigenvalue weighted by molar-refractivity contribution is -0.137. The molecule has 0 aliphatic rings. The van der Waals surface area contributed by atoms with Crippen molar-refractivity contribution in [2.24, 2.45) is 0 Å². The predicted molar refractivity (Wildman–Crippen MR) is 103 cm³/mol. The van der Waals surface area contributed by atoms with Crippen molar-refractivity contribution < 1.29 is 18.3 Å². The van der Waals surface area contributed by atoms with Crippen LogP contribution >= 0.6 is 11.6 Å². The van der Waals surface area contributed by atoms with Gasteiger partial charge in [0, 0.05) is 12.4 Å². The van der Waals surface area contributed by atoms with Gasteiger partial charge >= 0.3 is 6.18 Å². The second kappa shape index (κ2) is 8.42. The number of aromatic amines is 1. The van der Waals surface area contributed by atoms with E-state index in [1.807, 2.05) is 0 Å². The number of fused-ring (bicyclic) bond motifs is 1. The first kappa shape index (κ1) is 21.1. The predicted octanol–water partition coefficient (Wildman–Crippen LogP) is 3.28. The van der Waals surface area contributed by atoms with Crippen LogP contribution in [0.1, 0.15) is 36.2 Å². The van der Waals surface area contributed by atoms with Gasteiger partial charge in [0.2, 0.25) is 5.95 Å². The van der Waals surface area contributed by atoms with Crippen molar-refractivity contribution in [2.75, 3.05) is 17.7 Å². The largest absolute Gasteiger partial charge is 0.416 e. The Morgan fingerprint density at radius 3 is 2.59 bits per heavy atom. The van der Waals surface area contributed by atoms with E-state index in [9.17, 15) is 23.1 Å². The molecule has 2 heterocycles. The molecule has 3 aromatic rings. The van der Waals surface area contributed by atoms with E-state index in [1.165, 1.54) is 16.8 Å². The van der Waals surface area contributed by atoms with Crippen molar-refractivity contribution in [3.63, 3.8) is 0 Å². The third-order valence-corrected chi connectivity index (χ3v) is 4.74. The van der Waals surface area contributed by atoms with E-state index >= 15 is 0 Å². The maximum atomic E-state index is 12.8. The number of benzene rings is 1. The van der Waals surface area contributed by atoms with Crippen molar-refractivity contribution in [3.05, 3.63) is 51.4 Å². The van der Waals surface area contributed by atoms with E-state index < -0.39 is 29.9 Å². The van der Waals surface area contributed by atoms with Crippen LogP contribution in [0.25, 0.3) is 11.0 Å². The molecule has 1 aromatic carbocycles. The Hall–Kier alpha value is -2.59. The normalized spacial score (nSPS) is 13.0. The smallest absolute Gasteiger partial charge is 0.390 e. The molecule has 3 rings (SSSR count). The van der Waals surface area contributed by atoms with E-state index in [1.54, 1.807) is 6.92 Å². The Bertz CT molecular complexity index is 1050. The fourth-order valence-electron chi connectivity index (χ4n) is 2.94. The minimum absolute atomic E-state index is 0.133. The number of hydrogen-bond acceptors (Lipinski definition) is 5. The molecule has 2 aromatic heterocycles. The molecule has 0 bridgehead atoms. The Morgan fingerprint density at radius 1 is 1.31 bits per heavy atom. The number of H-pyrrole nitrogens is 1. The summed E-state index contributed by atoms with van der Waals surface area (Å²) in [5.74, 6) is 0.662. The molecule has 156 valence electrons. The first-order chi connectivity index (χ1) is 13.8. The topological polar surface area (TPSA) is 95.8 Å². The van der Waals surface area contributed by atoms with Crippen molar-refractivity contribution in [2.45, 2.75) is 32.2 Å². The van der Waals surface area contributed by atoms with Crippen LogP contribution in [0.5, 0.6) is 0 Å². The van der Waals surface area contributed by atoms with Gasteiger partial charge in [-0.15, -0.1) is 11.6 Å². The average Bonchev–Trinajstić information content (AvgIpc) is 3.06. The molecule has 0 spiro atoms. The summed E-state index contributed by atoms with van der Waals surface area (Å²) in [5.41, 5.74) is -0.322. The highest BCUT2D eigenvalue weighted by Crippen LogP contribution is 2.31. The molecule has 3 N–H and O–H groups in total. The monoisotopic (exact) mass is 429 g/mol. The fraction of sp³-hybridized carbons (Fsp3) is 0.389. The Labute approximate surface area is 168 Å². The lowest BCUT2D eigenvalue weighted by Gasteiger charge is -2.15. The van der Waals surface area contributed by atoms with Gasteiger partial charge in [-0.05, 0) is 31.0 Å². The number of halogens is 4. The summed E-state index contributed by atoms with van der Waals surface area (Å²) in [5, 5.41) is 16.9. The zero-order chi connectivity index (χ0) is 21.2. The Balaban J connectivity index is 2.04. The number of aliphatic hydroxyl groups excluding tert-OH is 1. The summed E-state index contributed by atoms with van der Waals surface area (Å²) in [7, 11) is 0. The van der Waals surface area contributed by atoms with Gasteiger partial charge < -0.3 is 10.4 Å². The number of aliphatic hydroxyl groups is 1.